The molecule has 0 aliphatic rings. The van der Waals surface area contributed by atoms with Crippen molar-refractivity contribution in [1.29, 1.82) is 0 Å². The highest BCUT2D eigenvalue weighted by atomic mass is 79.9. The minimum atomic E-state index is -1.02. The van der Waals surface area contributed by atoms with E-state index in [1.165, 1.54) is 5.56 Å². The van der Waals surface area contributed by atoms with Crippen LogP contribution in [0.15, 0.2) is 25.7 Å². The van der Waals surface area contributed by atoms with Crippen molar-refractivity contribution in [2.75, 3.05) is 7.05 Å². The molecule has 0 aliphatic heterocycles. The predicted molar refractivity (Wildman–Crippen MR) is 77.6 cm³/mol. The molecular weight excluding hydrogens is 330 g/mol. The molecule has 0 unspecified atom stereocenters. The second kappa shape index (κ2) is 5.90. The zero-order valence-electron chi connectivity index (χ0n) is 10.6. The van der Waals surface area contributed by atoms with E-state index >= 15 is 0 Å². The van der Waals surface area contributed by atoms with Gasteiger partial charge in [0.25, 0.3) is 0 Å². The van der Waals surface area contributed by atoms with Crippen molar-refractivity contribution >= 4 is 33.2 Å². The molecule has 4 nitrogen and oxygen atoms in total. The van der Waals surface area contributed by atoms with Gasteiger partial charge in [0.15, 0.2) is 0 Å². The second-order valence-corrected chi connectivity index (χ2v) is 6.75. The van der Waals surface area contributed by atoms with Crippen LogP contribution in [0.2, 0.25) is 0 Å². The standard InChI is InChI=1S/C13H14BrNO3S/c1-8-3-10(18-12(8)13(16)17)6-15(2)5-9-4-11(14)19-7-9/h3-4,7H,5-6H2,1-2H3,(H,16,17). The molecule has 0 aliphatic carbocycles. The van der Waals surface area contributed by atoms with Gasteiger partial charge in [-0.05, 0) is 53.0 Å². The minimum Gasteiger partial charge on any atom is -0.475 e. The molecule has 2 heterocycles. The van der Waals surface area contributed by atoms with Crippen molar-refractivity contribution in [2.24, 2.45) is 0 Å². The van der Waals surface area contributed by atoms with Crippen molar-refractivity contribution in [3.63, 3.8) is 0 Å². The molecule has 2 rings (SSSR count). The predicted octanol–water partition coefficient (Wildman–Crippen LogP) is 3.74. The summed E-state index contributed by atoms with van der Waals surface area (Å²) in [5.74, 6) is -0.318. The van der Waals surface area contributed by atoms with Gasteiger partial charge < -0.3 is 9.52 Å². The van der Waals surface area contributed by atoms with Crippen LogP contribution < -0.4 is 0 Å². The smallest absolute Gasteiger partial charge is 0.372 e. The number of rotatable bonds is 5. The number of furan rings is 1. The van der Waals surface area contributed by atoms with Crippen LogP contribution in [-0.4, -0.2) is 23.0 Å². The molecule has 0 radical (unpaired) electrons. The summed E-state index contributed by atoms with van der Waals surface area (Å²) in [5.41, 5.74) is 1.88. The van der Waals surface area contributed by atoms with Crippen molar-refractivity contribution in [3.8, 4) is 0 Å². The lowest BCUT2D eigenvalue weighted by atomic mass is 10.2. The van der Waals surface area contributed by atoms with Crippen LogP contribution in [0.4, 0.5) is 0 Å². The highest BCUT2D eigenvalue weighted by Gasteiger charge is 2.15. The first-order valence-electron chi connectivity index (χ1n) is 5.69. The van der Waals surface area contributed by atoms with Gasteiger partial charge in [0.1, 0.15) is 5.76 Å². The Balaban J connectivity index is 2.00. The Morgan fingerprint density at radius 2 is 2.21 bits per heavy atom. The summed E-state index contributed by atoms with van der Waals surface area (Å²) in [6, 6.07) is 3.86. The van der Waals surface area contributed by atoms with Crippen LogP contribution in [-0.2, 0) is 13.1 Å². The number of carboxylic acids is 1. The van der Waals surface area contributed by atoms with Gasteiger partial charge in [-0.2, -0.15) is 0 Å². The van der Waals surface area contributed by atoms with Crippen LogP contribution in [0.3, 0.4) is 0 Å². The fourth-order valence-electron chi connectivity index (χ4n) is 1.90. The summed E-state index contributed by atoms with van der Waals surface area (Å²) < 4.78 is 6.45. The number of aromatic carboxylic acids is 1. The lowest BCUT2D eigenvalue weighted by Gasteiger charge is -2.13. The zero-order valence-corrected chi connectivity index (χ0v) is 13.0. The Hall–Kier alpha value is -1.11. The largest absolute Gasteiger partial charge is 0.475 e. The number of nitrogens with zero attached hydrogens (tertiary/aromatic N) is 1. The van der Waals surface area contributed by atoms with Gasteiger partial charge in [-0.15, -0.1) is 11.3 Å². The SMILES string of the molecule is Cc1cc(CN(C)Cc2csc(Br)c2)oc1C(=O)O. The summed E-state index contributed by atoms with van der Waals surface area (Å²) in [6.07, 6.45) is 0. The highest BCUT2D eigenvalue weighted by Crippen LogP contribution is 2.22. The number of carboxylic acid groups (broad SMARTS) is 1. The molecule has 0 amide bonds. The first kappa shape index (κ1) is 14.3. The first-order chi connectivity index (χ1) is 8.95. The molecule has 6 heteroatoms. The van der Waals surface area contributed by atoms with Crippen molar-refractivity contribution in [3.05, 3.63) is 43.9 Å². The van der Waals surface area contributed by atoms with E-state index in [-0.39, 0.29) is 5.76 Å². The van der Waals surface area contributed by atoms with E-state index in [2.05, 4.69) is 32.3 Å². The quantitative estimate of drug-likeness (QED) is 0.898. The lowest BCUT2D eigenvalue weighted by Crippen LogP contribution is -2.16. The third kappa shape index (κ3) is 3.68. The van der Waals surface area contributed by atoms with E-state index in [1.54, 1.807) is 24.3 Å². The number of thiophene rings is 1. The molecule has 1 N–H and O–H groups in total. The monoisotopic (exact) mass is 343 g/mol. The van der Waals surface area contributed by atoms with E-state index < -0.39 is 5.97 Å². The van der Waals surface area contributed by atoms with Crippen LogP contribution >= 0.6 is 27.3 Å². The fourth-order valence-corrected chi connectivity index (χ4v) is 3.10. The Bertz CT molecular complexity index is 590. The third-order valence-corrected chi connectivity index (χ3v) is 4.22. The average molecular weight is 344 g/mol. The zero-order chi connectivity index (χ0) is 14.0. The Kier molecular flexibility index (Phi) is 4.44. The van der Waals surface area contributed by atoms with Gasteiger partial charge >= 0.3 is 5.97 Å². The Labute approximate surface area is 123 Å². The number of carbonyl (C=O) groups is 1. The van der Waals surface area contributed by atoms with E-state index in [1.807, 2.05) is 7.05 Å². The van der Waals surface area contributed by atoms with Crippen molar-refractivity contribution in [2.45, 2.75) is 20.0 Å². The molecule has 102 valence electrons. The Morgan fingerprint density at radius 1 is 1.47 bits per heavy atom. The number of hydrogen-bond acceptors (Lipinski definition) is 4. The summed E-state index contributed by atoms with van der Waals surface area (Å²) in [4.78, 5) is 13.0. The fraction of sp³-hybridized carbons (Fsp3) is 0.308. The van der Waals surface area contributed by atoms with Gasteiger partial charge in [0, 0.05) is 12.1 Å². The second-order valence-electron chi connectivity index (χ2n) is 4.46. The van der Waals surface area contributed by atoms with Crippen LogP contribution in [0, 0.1) is 6.92 Å². The van der Waals surface area contributed by atoms with Gasteiger partial charge in [-0.25, -0.2) is 4.79 Å². The minimum absolute atomic E-state index is 0.0293. The molecule has 0 atom stereocenters. The number of halogens is 1. The normalized spacial score (nSPS) is 11.2. The van der Waals surface area contributed by atoms with Crippen LogP contribution in [0.1, 0.15) is 27.4 Å². The molecule has 0 saturated heterocycles. The molecule has 0 bridgehead atoms. The summed E-state index contributed by atoms with van der Waals surface area (Å²) in [5, 5.41) is 11.0. The van der Waals surface area contributed by atoms with Crippen molar-refractivity contribution in [1.82, 2.24) is 4.90 Å². The summed E-state index contributed by atoms with van der Waals surface area (Å²) in [6.45, 7) is 3.12. The maximum Gasteiger partial charge on any atom is 0.372 e. The van der Waals surface area contributed by atoms with Gasteiger partial charge in [0.2, 0.25) is 5.76 Å². The Morgan fingerprint density at radius 3 is 2.74 bits per heavy atom. The van der Waals surface area contributed by atoms with Crippen molar-refractivity contribution < 1.29 is 14.3 Å². The van der Waals surface area contributed by atoms with E-state index in [9.17, 15) is 4.79 Å². The average Bonchev–Trinajstić information content (AvgIpc) is 2.85. The topological polar surface area (TPSA) is 53.7 Å². The molecule has 0 saturated carbocycles. The lowest BCUT2D eigenvalue weighted by molar-refractivity contribution is 0.0657. The molecule has 2 aromatic heterocycles. The van der Waals surface area contributed by atoms with E-state index in [4.69, 9.17) is 9.52 Å². The molecule has 0 spiro atoms. The molecule has 0 fully saturated rings. The summed E-state index contributed by atoms with van der Waals surface area (Å²) >= 11 is 5.09. The third-order valence-electron chi connectivity index (χ3n) is 2.66. The molecular formula is C13H14BrNO3S. The van der Waals surface area contributed by atoms with Gasteiger partial charge in [0.05, 0.1) is 10.3 Å². The molecule has 2 aromatic rings. The maximum atomic E-state index is 10.9. The van der Waals surface area contributed by atoms with Gasteiger partial charge in [-0.3, -0.25) is 4.90 Å². The van der Waals surface area contributed by atoms with E-state index in [0.29, 0.717) is 17.9 Å². The molecule has 19 heavy (non-hydrogen) atoms. The number of hydrogen-bond donors (Lipinski definition) is 1. The van der Waals surface area contributed by atoms with Crippen LogP contribution in [0.25, 0.3) is 0 Å². The van der Waals surface area contributed by atoms with Crippen LogP contribution in [0.5, 0.6) is 0 Å². The maximum absolute atomic E-state index is 10.9. The first-order valence-corrected chi connectivity index (χ1v) is 7.37. The highest BCUT2D eigenvalue weighted by molar-refractivity contribution is 9.11. The van der Waals surface area contributed by atoms with E-state index in [0.717, 1.165) is 10.3 Å². The van der Waals surface area contributed by atoms with Gasteiger partial charge in [-0.1, -0.05) is 0 Å². The number of aryl methyl sites for hydroxylation is 1. The summed E-state index contributed by atoms with van der Waals surface area (Å²) in [7, 11) is 1.98. The molecule has 0 aromatic carbocycles.